The van der Waals surface area contributed by atoms with Gasteiger partial charge in [-0.1, -0.05) is 0 Å². The Balaban J connectivity index is 1.73. The van der Waals surface area contributed by atoms with Crippen LogP contribution < -0.4 is 11.1 Å². The number of carbonyl (C=O) groups is 1. The summed E-state index contributed by atoms with van der Waals surface area (Å²) in [6, 6.07) is 8.98. The quantitative estimate of drug-likeness (QED) is 0.789. The van der Waals surface area contributed by atoms with Gasteiger partial charge in [0.1, 0.15) is 0 Å². The first-order chi connectivity index (χ1) is 8.74. The normalized spacial score (nSPS) is 10.2. The summed E-state index contributed by atoms with van der Waals surface area (Å²) in [5.74, 6) is 0.00641. The summed E-state index contributed by atoms with van der Waals surface area (Å²) in [7, 11) is 0. The van der Waals surface area contributed by atoms with Crippen molar-refractivity contribution < 1.29 is 4.79 Å². The van der Waals surface area contributed by atoms with Gasteiger partial charge in [-0.2, -0.15) is 5.10 Å². The van der Waals surface area contributed by atoms with Gasteiger partial charge in [-0.3, -0.25) is 9.48 Å². The maximum Gasteiger partial charge on any atom is 0.224 e. The van der Waals surface area contributed by atoms with E-state index in [9.17, 15) is 4.79 Å². The zero-order chi connectivity index (χ0) is 12.8. The number of rotatable bonds is 5. The van der Waals surface area contributed by atoms with Crippen LogP contribution in [0.1, 0.15) is 12.8 Å². The van der Waals surface area contributed by atoms with Crippen molar-refractivity contribution in [3.63, 3.8) is 0 Å². The number of nitrogens with one attached hydrogen (secondary N) is 1. The lowest BCUT2D eigenvalue weighted by atomic mass is 10.2. The van der Waals surface area contributed by atoms with E-state index in [-0.39, 0.29) is 5.91 Å². The first-order valence-corrected chi connectivity index (χ1v) is 5.87. The van der Waals surface area contributed by atoms with Crippen LogP contribution in [0.4, 0.5) is 11.4 Å². The Hall–Kier alpha value is -2.30. The molecule has 1 heterocycles. The molecule has 0 aliphatic heterocycles. The zero-order valence-corrected chi connectivity index (χ0v) is 10.0. The maximum atomic E-state index is 11.7. The Kier molecular flexibility index (Phi) is 3.96. The predicted octanol–water partition coefficient (Wildman–Crippen LogP) is 1.88. The minimum atomic E-state index is 0.00641. The fourth-order valence-electron chi connectivity index (χ4n) is 1.62. The van der Waals surface area contributed by atoms with E-state index >= 15 is 0 Å². The molecule has 2 aromatic rings. The SMILES string of the molecule is Nc1ccc(NC(=O)CCCn2cccn2)cc1. The lowest BCUT2D eigenvalue weighted by Crippen LogP contribution is -2.12. The van der Waals surface area contributed by atoms with Crippen LogP contribution in [-0.4, -0.2) is 15.7 Å². The Morgan fingerprint density at radius 1 is 1.33 bits per heavy atom. The smallest absolute Gasteiger partial charge is 0.224 e. The molecule has 0 aliphatic carbocycles. The molecule has 2 rings (SSSR count). The zero-order valence-electron chi connectivity index (χ0n) is 10.0. The van der Waals surface area contributed by atoms with Crippen LogP contribution in [0.25, 0.3) is 0 Å². The second kappa shape index (κ2) is 5.86. The third kappa shape index (κ3) is 3.62. The van der Waals surface area contributed by atoms with E-state index in [1.54, 1.807) is 30.5 Å². The molecule has 94 valence electrons. The molecule has 0 saturated heterocycles. The molecule has 0 radical (unpaired) electrons. The van der Waals surface area contributed by atoms with E-state index < -0.39 is 0 Å². The number of amides is 1. The monoisotopic (exact) mass is 244 g/mol. The number of nitrogens with zero attached hydrogens (tertiary/aromatic N) is 2. The number of carbonyl (C=O) groups excluding carboxylic acids is 1. The third-order valence-electron chi connectivity index (χ3n) is 2.54. The van der Waals surface area contributed by atoms with Crippen molar-refractivity contribution in [2.45, 2.75) is 19.4 Å². The van der Waals surface area contributed by atoms with Crippen LogP contribution in [0.3, 0.4) is 0 Å². The third-order valence-corrected chi connectivity index (χ3v) is 2.54. The first kappa shape index (κ1) is 12.2. The topological polar surface area (TPSA) is 72.9 Å². The predicted molar refractivity (Wildman–Crippen MR) is 70.9 cm³/mol. The first-order valence-electron chi connectivity index (χ1n) is 5.87. The van der Waals surface area contributed by atoms with Gasteiger partial charge in [0.2, 0.25) is 5.91 Å². The van der Waals surface area contributed by atoms with E-state index in [1.807, 2.05) is 16.9 Å². The summed E-state index contributed by atoms with van der Waals surface area (Å²) in [5, 5.41) is 6.90. The van der Waals surface area contributed by atoms with E-state index in [2.05, 4.69) is 10.4 Å². The Bertz CT molecular complexity index is 490. The molecular formula is C13H16N4O. The van der Waals surface area contributed by atoms with E-state index in [0.717, 1.165) is 18.7 Å². The summed E-state index contributed by atoms with van der Waals surface area (Å²) in [6.45, 7) is 0.752. The van der Waals surface area contributed by atoms with Crippen LogP contribution in [0.15, 0.2) is 42.7 Å². The number of nitrogen functional groups attached to an aromatic ring is 1. The molecule has 0 unspecified atom stereocenters. The van der Waals surface area contributed by atoms with Crippen LogP contribution in [0.2, 0.25) is 0 Å². The van der Waals surface area contributed by atoms with E-state index in [4.69, 9.17) is 5.73 Å². The number of anilines is 2. The highest BCUT2D eigenvalue weighted by Crippen LogP contribution is 2.11. The van der Waals surface area contributed by atoms with Crippen molar-refractivity contribution in [3.8, 4) is 0 Å². The minimum absolute atomic E-state index is 0.00641. The summed E-state index contributed by atoms with van der Waals surface area (Å²) >= 11 is 0. The van der Waals surface area contributed by atoms with Crippen molar-refractivity contribution in [3.05, 3.63) is 42.7 Å². The van der Waals surface area contributed by atoms with Crippen molar-refractivity contribution in [2.24, 2.45) is 0 Å². The number of hydrogen-bond acceptors (Lipinski definition) is 3. The Morgan fingerprint density at radius 2 is 2.11 bits per heavy atom. The van der Waals surface area contributed by atoms with Gasteiger partial charge in [0.05, 0.1) is 0 Å². The van der Waals surface area contributed by atoms with Gasteiger partial charge in [0, 0.05) is 36.7 Å². The summed E-state index contributed by atoms with van der Waals surface area (Å²) in [4.78, 5) is 11.7. The highest BCUT2D eigenvalue weighted by Gasteiger charge is 2.02. The molecule has 0 aliphatic rings. The van der Waals surface area contributed by atoms with Crippen molar-refractivity contribution in [2.75, 3.05) is 11.1 Å². The summed E-state index contributed by atoms with van der Waals surface area (Å²) in [5.41, 5.74) is 7.03. The average Bonchev–Trinajstić information content (AvgIpc) is 2.85. The van der Waals surface area contributed by atoms with Gasteiger partial charge in [-0.15, -0.1) is 0 Å². The van der Waals surface area contributed by atoms with Crippen molar-refractivity contribution >= 4 is 17.3 Å². The fraction of sp³-hybridized carbons (Fsp3) is 0.231. The fourth-order valence-corrected chi connectivity index (χ4v) is 1.62. The molecule has 1 aromatic carbocycles. The molecule has 0 fully saturated rings. The molecule has 0 atom stereocenters. The van der Waals surface area contributed by atoms with Gasteiger partial charge < -0.3 is 11.1 Å². The molecule has 1 aromatic heterocycles. The number of hydrogen-bond donors (Lipinski definition) is 2. The van der Waals surface area contributed by atoms with Gasteiger partial charge >= 0.3 is 0 Å². The van der Waals surface area contributed by atoms with Crippen molar-refractivity contribution in [1.29, 1.82) is 0 Å². The number of benzene rings is 1. The largest absolute Gasteiger partial charge is 0.399 e. The minimum Gasteiger partial charge on any atom is -0.399 e. The lowest BCUT2D eigenvalue weighted by Gasteiger charge is -2.05. The van der Waals surface area contributed by atoms with Crippen LogP contribution in [0, 0.1) is 0 Å². The standard InChI is InChI=1S/C13H16N4O/c14-11-4-6-12(7-5-11)16-13(18)3-1-9-17-10-2-8-15-17/h2,4-8,10H,1,3,9,14H2,(H,16,18). The highest BCUT2D eigenvalue weighted by molar-refractivity contribution is 5.90. The second-order valence-electron chi connectivity index (χ2n) is 4.04. The number of aryl methyl sites for hydroxylation is 1. The van der Waals surface area contributed by atoms with E-state index in [0.29, 0.717) is 12.1 Å². The summed E-state index contributed by atoms with van der Waals surface area (Å²) in [6.07, 6.45) is 4.86. The molecule has 5 heteroatoms. The molecule has 1 amide bonds. The average molecular weight is 244 g/mol. The highest BCUT2D eigenvalue weighted by atomic mass is 16.1. The van der Waals surface area contributed by atoms with Crippen LogP contribution >= 0.6 is 0 Å². The van der Waals surface area contributed by atoms with E-state index in [1.165, 1.54) is 0 Å². The number of aromatic nitrogens is 2. The van der Waals surface area contributed by atoms with Gasteiger partial charge in [-0.05, 0) is 36.8 Å². The van der Waals surface area contributed by atoms with Crippen molar-refractivity contribution in [1.82, 2.24) is 9.78 Å². The molecule has 3 N–H and O–H groups in total. The number of nitrogens with two attached hydrogens (primary N) is 1. The molecule has 5 nitrogen and oxygen atoms in total. The van der Waals surface area contributed by atoms with Gasteiger partial charge in [0.25, 0.3) is 0 Å². The van der Waals surface area contributed by atoms with Gasteiger partial charge in [0.15, 0.2) is 0 Å². The Morgan fingerprint density at radius 3 is 2.78 bits per heavy atom. The molecule has 0 bridgehead atoms. The maximum absolute atomic E-state index is 11.7. The molecule has 18 heavy (non-hydrogen) atoms. The Labute approximate surface area is 106 Å². The van der Waals surface area contributed by atoms with Crippen LogP contribution in [-0.2, 0) is 11.3 Å². The lowest BCUT2D eigenvalue weighted by molar-refractivity contribution is -0.116. The van der Waals surface area contributed by atoms with Crippen LogP contribution in [0.5, 0.6) is 0 Å². The molecular weight excluding hydrogens is 228 g/mol. The second-order valence-corrected chi connectivity index (χ2v) is 4.04. The summed E-state index contributed by atoms with van der Waals surface area (Å²) < 4.78 is 1.82. The molecule has 0 saturated carbocycles. The van der Waals surface area contributed by atoms with Gasteiger partial charge in [-0.25, -0.2) is 0 Å². The molecule has 0 spiro atoms.